The van der Waals surface area contributed by atoms with Crippen LogP contribution >= 0.6 is 0 Å². The first-order chi connectivity index (χ1) is 11.5. The molecular weight excluding hydrogens is 326 g/mol. The highest BCUT2D eigenvalue weighted by Crippen LogP contribution is 2.30. The predicted molar refractivity (Wildman–Crippen MR) is 91.6 cm³/mol. The van der Waals surface area contributed by atoms with Crippen molar-refractivity contribution >= 4 is 21.6 Å². The highest BCUT2D eigenvalue weighted by Gasteiger charge is 2.22. The van der Waals surface area contributed by atoms with E-state index >= 15 is 0 Å². The van der Waals surface area contributed by atoms with Crippen molar-refractivity contribution in [3.05, 3.63) is 42.1 Å². The number of sulfonamides is 1. The molecule has 128 valence electrons. The van der Waals surface area contributed by atoms with Crippen molar-refractivity contribution in [1.82, 2.24) is 9.78 Å². The fraction of sp³-hybridized carbons (Fsp3) is 0.412. The van der Waals surface area contributed by atoms with Gasteiger partial charge in [0.1, 0.15) is 5.82 Å². The van der Waals surface area contributed by atoms with Gasteiger partial charge in [-0.05, 0) is 31.9 Å². The van der Waals surface area contributed by atoms with E-state index in [1.807, 2.05) is 0 Å². The Morgan fingerprint density at radius 2 is 1.79 bits per heavy atom. The summed E-state index contributed by atoms with van der Waals surface area (Å²) in [5, 5.41) is 4.30. The van der Waals surface area contributed by atoms with Crippen LogP contribution in [0.25, 0.3) is 0 Å². The van der Waals surface area contributed by atoms with Gasteiger partial charge < -0.3 is 0 Å². The van der Waals surface area contributed by atoms with Crippen LogP contribution < -0.4 is 4.72 Å². The molecule has 0 bridgehead atoms. The van der Waals surface area contributed by atoms with Gasteiger partial charge in [0.15, 0.2) is 5.78 Å². The molecule has 7 heteroatoms. The second-order valence-electron chi connectivity index (χ2n) is 6.14. The molecule has 1 N–H and O–H groups in total. The summed E-state index contributed by atoms with van der Waals surface area (Å²) in [7, 11) is -3.71. The van der Waals surface area contributed by atoms with Gasteiger partial charge in [-0.1, -0.05) is 31.4 Å². The molecule has 1 aliphatic rings. The molecule has 1 aliphatic carbocycles. The number of nitrogens with zero attached hydrogens (tertiary/aromatic N) is 2. The summed E-state index contributed by atoms with van der Waals surface area (Å²) in [6.07, 6.45) is 7.16. The molecule has 1 heterocycles. The molecule has 0 atom stereocenters. The van der Waals surface area contributed by atoms with E-state index in [2.05, 4.69) is 9.82 Å². The summed E-state index contributed by atoms with van der Waals surface area (Å²) in [6.45, 7) is 1.45. The summed E-state index contributed by atoms with van der Waals surface area (Å²) in [5.74, 6) is 0.389. The van der Waals surface area contributed by atoms with Crippen LogP contribution in [0.2, 0.25) is 0 Å². The summed E-state index contributed by atoms with van der Waals surface area (Å²) in [6, 6.07) is 7.85. The number of carbonyl (C=O) groups excluding carboxylic acids is 1. The smallest absolute Gasteiger partial charge is 0.263 e. The van der Waals surface area contributed by atoms with Crippen LogP contribution in [0.5, 0.6) is 0 Å². The third kappa shape index (κ3) is 3.51. The van der Waals surface area contributed by atoms with Crippen molar-refractivity contribution in [2.75, 3.05) is 4.72 Å². The zero-order valence-electron chi connectivity index (χ0n) is 13.6. The second kappa shape index (κ2) is 6.76. The molecule has 0 unspecified atom stereocenters. The Morgan fingerprint density at radius 1 is 1.12 bits per heavy atom. The van der Waals surface area contributed by atoms with Crippen LogP contribution in [0, 0.1) is 0 Å². The number of rotatable bonds is 5. The van der Waals surface area contributed by atoms with Crippen LogP contribution in [0.4, 0.5) is 5.82 Å². The molecular formula is C17H21N3O3S. The summed E-state index contributed by atoms with van der Waals surface area (Å²) >= 11 is 0. The molecule has 0 aliphatic heterocycles. The van der Waals surface area contributed by atoms with E-state index in [9.17, 15) is 13.2 Å². The normalized spacial score (nSPS) is 16.0. The van der Waals surface area contributed by atoms with E-state index < -0.39 is 10.0 Å². The first-order valence-electron chi connectivity index (χ1n) is 8.15. The van der Waals surface area contributed by atoms with Crippen molar-refractivity contribution in [1.29, 1.82) is 0 Å². The monoisotopic (exact) mass is 347 g/mol. The van der Waals surface area contributed by atoms with Crippen molar-refractivity contribution in [2.24, 2.45) is 0 Å². The third-order valence-electron chi connectivity index (χ3n) is 4.40. The summed E-state index contributed by atoms with van der Waals surface area (Å²) in [4.78, 5) is 11.4. The van der Waals surface area contributed by atoms with Gasteiger partial charge in [-0.25, -0.2) is 13.1 Å². The van der Waals surface area contributed by atoms with E-state index in [4.69, 9.17) is 0 Å². The van der Waals surface area contributed by atoms with Crippen LogP contribution in [0.1, 0.15) is 55.4 Å². The largest absolute Gasteiger partial charge is 0.295 e. The van der Waals surface area contributed by atoms with E-state index in [0.717, 1.165) is 25.7 Å². The minimum absolute atomic E-state index is 0.0951. The summed E-state index contributed by atoms with van der Waals surface area (Å²) in [5.41, 5.74) is 0.487. The van der Waals surface area contributed by atoms with Gasteiger partial charge in [0, 0.05) is 11.6 Å². The second-order valence-corrected chi connectivity index (χ2v) is 7.82. The Labute approximate surface area is 141 Å². The molecule has 1 fully saturated rings. The van der Waals surface area contributed by atoms with Gasteiger partial charge in [-0.3, -0.25) is 9.52 Å². The Hall–Kier alpha value is -2.15. The minimum atomic E-state index is -3.71. The van der Waals surface area contributed by atoms with Gasteiger partial charge in [0.05, 0.1) is 17.1 Å². The lowest BCUT2D eigenvalue weighted by Gasteiger charge is -2.24. The number of aromatic nitrogens is 2. The molecule has 24 heavy (non-hydrogen) atoms. The number of carbonyl (C=O) groups is 1. The van der Waals surface area contributed by atoms with E-state index in [0.29, 0.717) is 11.4 Å². The predicted octanol–water partition coefficient (Wildman–Crippen LogP) is 3.39. The molecule has 0 spiro atoms. The van der Waals surface area contributed by atoms with Gasteiger partial charge in [-0.2, -0.15) is 5.10 Å². The fourth-order valence-corrected chi connectivity index (χ4v) is 4.13. The first kappa shape index (κ1) is 16.7. The Bertz CT molecular complexity index is 819. The maximum Gasteiger partial charge on any atom is 0.263 e. The maximum absolute atomic E-state index is 12.6. The minimum Gasteiger partial charge on any atom is -0.295 e. The van der Waals surface area contributed by atoms with Crippen molar-refractivity contribution in [2.45, 2.75) is 50.0 Å². The SMILES string of the molecule is CC(=O)c1ccc(S(=O)(=O)Nc2ccnn2C2CCCCC2)cc1. The molecule has 1 aromatic heterocycles. The van der Waals surface area contributed by atoms with Crippen LogP contribution in [-0.4, -0.2) is 24.0 Å². The quantitative estimate of drug-likeness (QED) is 0.841. The Kier molecular flexibility index (Phi) is 4.71. The molecule has 3 rings (SSSR count). The van der Waals surface area contributed by atoms with Gasteiger partial charge in [0.25, 0.3) is 10.0 Å². The number of benzene rings is 1. The van der Waals surface area contributed by atoms with Crippen molar-refractivity contribution in [3.8, 4) is 0 Å². The third-order valence-corrected chi connectivity index (χ3v) is 5.77. The highest BCUT2D eigenvalue weighted by molar-refractivity contribution is 7.92. The number of ketones is 1. The van der Waals surface area contributed by atoms with E-state index in [-0.39, 0.29) is 16.7 Å². The molecule has 0 amide bonds. The molecule has 1 saturated carbocycles. The zero-order valence-corrected chi connectivity index (χ0v) is 14.4. The number of Topliss-reactive ketones (excluding diaryl/α,β-unsaturated/α-hetero) is 1. The fourth-order valence-electron chi connectivity index (χ4n) is 3.08. The Morgan fingerprint density at radius 3 is 2.42 bits per heavy atom. The number of hydrogen-bond acceptors (Lipinski definition) is 4. The summed E-state index contributed by atoms with van der Waals surface area (Å²) < 4.78 is 29.6. The topological polar surface area (TPSA) is 81.1 Å². The lowest BCUT2D eigenvalue weighted by Crippen LogP contribution is -2.20. The van der Waals surface area contributed by atoms with Crippen LogP contribution in [-0.2, 0) is 10.0 Å². The first-order valence-corrected chi connectivity index (χ1v) is 9.63. The average molecular weight is 347 g/mol. The number of hydrogen-bond donors (Lipinski definition) is 1. The highest BCUT2D eigenvalue weighted by atomic mass is 32.2. The Balaban J connectivity index is 1.82. The molecule has 6 nitrogen and oxygen atoms in total. The molecule has 2 aromatic rings. The molecule has 1 aromatic carbocycles. The lowest BCUT2D eigenvalue weighted by molar-refractivity contribution is 0.101. The lowest BCUT2D eigenvalue weighted by atomic mass is 9.96. The standard InChI is InChI=1S/C17H21N3O3S/c1-13(21)14-7-9-16(10-8-14)24(22,23)19-17-11-12-18-20(17)15-5-3-2-4-6-15/h7-12,15,19H,2-6H2,1H3. The van der Waals surface area contributed by atoms with Gasteiger partial charge in [-0.15, -0.1) is 0 Å². The number of anilines is 1. The molecule has 0 saturated heterocycles. The van der Waals surface area contributed by atoms with E-state index in [1.54, 1.807) is 16.9 Å². The van der Waals surface area contributed by atoms with Crippen LogP contribution in [0.15, 0.2) is 41.4 Å². The van der Waals surface area contributed by atoms with Crippen LogP contribution in [0.3, 0.4) is 0 Å². The maximum atomic E-state index is 12.6. The van der Waals surface area contributed by atoms with Gasteiger partial charge >= 0.3 is 0 Å². The van der Waals surface area contributed by atoms with Gasteiger partial charge in [0.2, 0.25) is 0 Å². The number of nitrogens with one attached hydrogen (secondary N) is 1. The average Bonchev–Trinajstić information content (AvgIpc) is 3.03. The van der Waals surface area contributed by atoms with Crippen molar-refractivity contribution in [3.63, 3.8) is 0 Å². The van der Waals surface area contributed by atoms with Crippen molar-refractivity contribution < 1.29 is 13.2 Å². The van der Waals surface area contributed by atoms with E-state index in [1.165, 1.54) is 37.6 Å². The molecule has 0 radical (unpaired) electrons. The zero-order chi connectivity index (χ0) is 17.2.